The van der Waals surface area contributed by atoms with Crippen molar-refractivity contribution < 1.29 is 9.53 Å². The van der Waals surface area contributed by atoms with Crippen molar-refractivity contribution in [1.29, 1.82) is 0 Å². The Kier molecular flexibility index (Phi) is 5.41. The Hall–Kier alpha value is -1.55. The number of carbonyl (C=O) groups excluding carboxylic acids is 1. The summed E-state index contributed by atoms with van der Waals surface area (Å²) in [6, 6.07) is 12.1. The maximum absolute atomic E-state index is 11.5. The molecule has 106 valence electrons. The lowest BCUT2D eigenvalue weighted by atomic mass is 10.1. The van der Waals surface area contributed by atoms with Crippen LogP contribution in [0.3, 0.4) is 0 Å². The lowest BCUT2D eigenvalue weighted by molar-refractivity contribution is -0.141. The molecule has 20 heavy (non-hydrogen) atoms. The molecule has 1 N–H and O–H groups in total. The number of hydrogen-bond donors (Lipinski definition) is 1. The topological polar surface area (TPSA) is 38.3 Å². The number of fused-ring (bicyclic) bond motifs is 1. The monoisotopic (exact) mass is 335 g/mol. The number of nitrogens with one attached hydrogen (secondary N) is 1. The van der Waals surface area contributed by atoms with E-state index in [2.05, 4.69) is 34.2 Å². The maximum Gasteiger partial charge on any atom is 0.325 e. The molecule has 2 aromatic rings. The Bertz CT molecular complexity index is 598. The van der Waals surface area contributed by atoms with Gasteiger partial charge >= 0.3 is 5.97 Å². The van der Waals surface area contributed by atoms with Crippen LogP contribution in [0.25, 0.3) is 10.8 Å². The molecule has 0 aliphatic rings. The smallest absolute Gasteiger partial charge is 0.325 e. The van der Waals surface area contributed by atoms with Crippen molar-refractivity contribution >= 4 is 38.4 Å². The van der Waals surface area contributed by atoms with E-state index in [9.17, 15) is 4.79 Å². The first kappa shape index (κ1) is 14.9. The van der Waals surface area contributed by atoms with Crippen molar-refractivity contribution in [3.63, 3.8) is 0 Å². The third-order valence-electron chi connectivity index (χ3n) is 3.00. The van der Waals surface area contributed by atoms with Gasteiger partial charge in [0, 0.05) is 10.2 Å². The standard InChI is InChI=1S/C16H18BrNO2/c1-2-3-8-20-16(19)11-18-15-7-5-12-9-14(17)6-4-13(12)10-15/h4-7,9-10,18H,2-3,8,11H2,1H3. The number of rotatable bonds is 6. The van der Waals surface area contributed by atoms with Crippen molar-refractivity contribution in [2.24, 2.45) is 0 Å². The van der Waals surface area contributed by atoms with Crippen LogP contribution in [0, 0.1) is 0 Å². The van der Waals surface area contributed by atoms with Gasteiger partial charge in [-0.3, -0.25) is 4.79 Å². The average Bonchev–Trinajstić information content (AvgIpc) is 2.45. The Morgan fingerprint density at radius 1 is 1.20 bits per heavy atom. The van der Waals surface area contributed by atoms with Crippen molar-refractivity contribution in [2.75, 3.05) is 18.5 Å². The van der Waals surface area contributed by atoms with Gasteiger partial charge in [-0.05, 0) is 41.5 Å². The molecule has 4 heteroatoms. The zero-order chi connectivity index (χ0) is 14.4. The van der Waals surface area contributed by atoms with Crippen LogP contribution in [0.4, 0.5) is 5.69 Å². The van der Waals surface area contributed by atoms with Gasteiger partial charge in [0.05, 0.1) is 6.61 Å². The van der Waals surface area contributed by atoms with Crippen LogP contribution < -0.4 is 5.32 Å². The van der Waals surface area contributed by atoms with Crippen LogP contribution in [0.1, 0.15) is 19.8 Å². The molecule has 0 spiro atoms. The molecular formula is C16H18BrNO2. The van der Waals surface area contributed by atoms with Gasteiger partial charge < -0.3 is 10.1 Å². The minimum absolute atomic E-state index is 0.200. The van der Waals surface area contributed by atoms with E-state index in [1.807, 2.05) is 30.3 Å². The maximum atomic E-state index is 11.5. The van der Waals surface area contributed by atoms with Gasteiger partial charge in [0.1, 0.15) is 6.54 Å². The first-order chi connectivity index (χ1) is 9.69. The minimum Gasteiger partial charge on any atom is -0.464 e. The van der Waals surface area contributed by atoms with Gasteiger partial charge in [-0.15, -0.1) is 0 Å². The highest BCUT2D eigenvalue weighted by molar-refractivity contribution is 9.10. The molecule has 0 fully saturated rings. The quantitative estimate of drug-likeness (QED) is 0.629. The SMILES string of the molecule is CCCCOC(=O)CNc1ccc2cc(Br)ccc2c1. The number of benzene rings is 2. The van der Waals surface area contributed by atoms with Gasteiger partial charge in [-0.25, -0.2) is 0 Å². The summed E-state index contributed by atoms with van der Waals surface area (Å²) in [7, 11) is 0. The molecule has 0 saturated carbocycles. The second-order valence-electron chi connectivity index (χ2n) is 4.63. The molecule has 3 nitrogen and oxygen atoms in total. The van der Waals surface area contributed by atoms with Gasteiger partial charge in [-0.2, -0.15) is 0 Å². The van der Waals surface area contributed by atoms with Crippen molar-refractivity contribution in [3.05, 3.63) is 40.9 Å². The van der Waals surface area contributed by atoms with Crippen molar-refractivity contribution in [1.82, 2.24) is 0 Å². The molecule has 0 amide bonds. The Balaban J connectivity index is 1.93. The molecule has 0 radical (unpaired) electrons. The number of ether oxygens (including phenoxy) is 1. The zero-order valence-corrected chi connectivity index (χ0v) is 13.1. The summed E-state index contributed by atoms with van der Waals surface area (Å²) in [5, 5.41) is 5.39. The first-order valence-corrected chi connectivity index (χ1v) is 7.57. The lowest BCUT2D eigenvalue weighted by Crippen LogP contribution is -2.17. The molecule has 0 atom stereocenters. The fourth-order valence-corrected chi connectivity index (χ4v) is 2.26. The van der Waals surface area contributed by atoms with Crippen LogP contribution in [0.2, 0.25) is 0 Å². The number of carbonyl (C=O) groups is 1. The van der Waals surface area contributed by atoms with Crippen LogP contribution in [-0.4, -0.2) is 19.1 Å². The molecule has 0 aromatic heterocycles. The highest BCUT2D eigenvalue weighted by Crippen LogP contribution is 2.22. The third-order valence-corrected chi connectivity index (χ3v) is 3.49. The molecule has 0 aliphatic carbocycles. The van der Waals surface area contributed by atoms with Gasteiger partial charge in [0.15, 0.2) is 0 Å². The van der Waals surface area contributed by atoms with E-state index in [0.717, 1.165) is 33.8 Å². The highest BCUT2D eigenvalue weighted by Gasteiger charge is 2.03. The predicted molar refractivity (Wildman–Crippen MR) is 86.0 cm³/mol. The fourth-order valence-electron chi connectivity index (χ4n) is 1.88. The second kappa shape index (κ2) is 7.29. The molecule has 0 aliphatic heterocycles. The molecule has 0 unspecified atom stereocenters. The van der Waals surface area contributed by atoms with E-state index in [0.29, 0.717) is 6.61 Å². The second-order valence-corrected chi connectivity index (χ2v) is 5.55. The van der Waals surface area contributed by atoms with E-state index in [1.54, 1.807) is 0 Å². The Labute approximate surface area is 127 Å². The minimum atomic E-state index is -0.214. The third kappa shape index (κ3) is 4.23. The average molecular weight is 336 g/mol. The van der Waals surface area contributed by atoms with Crippen LogP contribution in [-0.2, 0) is 9.53 Å². The summed E-state index contributed by atoms with van der Waals surface area (Å²) in [6.07, 6.45) is 1.94. The number of hydrogen-bond acceptors (Lipinski definition) is 3. The van der Waals surface area contributed by atoms with Crippen molar-refractivity contribution in [2.45, 2.75) is 19.8 Å². The summed E-state index contributed by atoms with van der Waals surface area (Å²) >= 11 is 3.45. The highest BCUT2D eigenvalue weighted by atomic mass is 79.9. The molecule has 0 saturated heterocycles. The number of unbranched alkanes of at least 4 members (excludes halogenated alkanes) is 1. The Morgan fingerprint density at radius 3 is 2.75 bits per heavy atom. The largest absolute Gasteiger partial charge is 0.464 e. The number of halogens is 1. The number of anilines is 1. The number of esters is 1. The molecule has 2 rings (SSSR count). The summed E-state index contributed by atoms with van der Waals surface area (Å²) in [4.78, 5) is 11.5. The van der Waals surface area contributed by atoms with Gasteiger partial charge in [-0.1, -0.05) is 41.4 Å². The summed E-state index contributed by atoms with van der Waals surface area (Å²) in [5.41, 5.74) is 0.923. The van der Waals surface area contributed by atoms with E-state index in [-0.39, 0.29) is 12.5 Å². The fraction of sp³-hybridized carbons (Fsp3) is 0.312. The first-order valence-electron chi connectivity index (χ1n) is 6.78. The zero-order valence-electron chi connectivity index (χ0n) is 11.5. The van der Waals surface area contributed by atoms with Crippen molar-refractivity contribution in [3.8, 4) is 0 Å². The summed E-state index contributed by atoms with van der Waals surface area (Å²) in [5.74, 6) is -0.214. The van der Waals surface area contributed by atoms with E-state index >= 15 is 0 Å². The lowest BCUT2D eigenvalue weighted by Gasteiger charge is -2.08. The van der Waals surface area contributed by atoms with Crippen LogP contribution >= 0.6 is 15.9 Å². The van der Waals surface area contributed by atoms with E-state index < -0.39 is 0 Å². The van der Waals surface area contributed by atoms with E-state index in [1.165, 1.54) is 0 Å². The van der Waals surface area contributed by atoms with Crippen LogP contribution in [0.15, 0.2) is 40.9 Å². The predicted octanol–water partition coefficient (Wildman–Crippen LogP) is 4.36. The Morgan fingerprint density at radius 2 is 1.95 bits per heavy atom. The van der Waals surface area contributed by atoms with Crippen LogP contribution in [0.5, 0.6) is 0 Å². The normalized spacial score (nSPS) is 10.5. The molecule has 2 aromatic carbocycles. The van der Waals surface area contributed by atoms with Gasteiger partial charge in [0.2, 0.25) is 0 Å². The molecule has 0 bridgehead atoms. The molecular weight excluding hydrogens is 318 g/mol. The summed E-state index contributed by atoms with van der Waals surface area (Å²) in [6.45, 7) is 2.77. The van der Waals surface area contributed by atoms with Gasteiger partial charge in [0.25, 0.3) is 0 Å². The molecule has 0 heterocycles. The summed E-state index contributed by atoms with van der Waals surface area (Å²) < 4.78 is 6.16. The van der Waals surface area contributed by atoms with E-state index in [4.69, 9.17) is 4.74 Å².